The van der Waals surface area contributed by atoms with E-state index < -0.39 is 0 Å². The van der Waals surface area contributed by atoms with Crippen LogP contribution in [0.3, 0.4) is 0 Å². The molecule has 0 spiro atoms. The molecule has 0 saturated carbocycles. The summed E-state index contributed by atoms with van der Waals surface area (Å²) < 4.78 is 11.8. The zero-order chi connectivity index (χ0) is 22.8. The van der Waals surface area contributed by atoms with Crippen LogP contribution in [-0.2, 0) is 6.42 Å². The summed E-state index contributed by atoms with van der Waals surface area (Å²) in [5.41, 5.74) is 5.94. The second-order valence-electron chi connectivity index (χ2n) is 8.04. The average molecular weight is 439 g/mol. The molecule has 0 N–H and O–H groups in total. The summed E-state index contributed by atoms with van der Waals surface area (Å²) in [5.74, 6) is 1.37. The van der Waals surface area contributed by atoms with Gasteiger partial charge in [0.05, 0.1) is 24.7 Å². The Bertz CT molecular complexity index is 1340. The summed E-state index contributed by atoms with van der Waals surface area (Å²) >= 11 is 0. The Kier molecular flexibility index (Phi) is 5.57. The number of benzene rings is 3. The van der Waals surface area contributed by atoms with Gasteiger partial charge in [-0.1, -0.05) is 36.4 Å². The fourth-order valence-electron chi connectivity index (χ4n) is 4.10. The molecule has 3 aromatic carbocycles. The van der Waals surface area contributed by atoms with E-state index in [9.17, 15) is 0 Å². The Hall–Kier alpha value is -4.06. The van der Waals surface area contributed by atoms with Gasteiger partial charge in [0.15, 0.2) is 17.1 Å². The first-order valence-corrected chi connectivity index (χ1v) is 11.0. The number of nitrogens with zero attached hydrogens (tertiary/aromatic N) is 4. The fourth-order valence-corrected chi connectivity index (χ4v) is 4.10. The largest absolute Gasteiger partial charge is 0.493 e. The van der Waals surface area contributed by atoms with Crippen LogP contribution >= 0.6 is 0 Å². The molecule has 0 radical (unpaired) electrons. The third-order valence-electron chi connectivity index (χ3n) is 5.82. The van der Waals surface area contributed by atoms with Crippen LogP contribution in [0.4, 0.5) is 11.4 Å². The molecule has 6 nitrogen and oxygen atoms in total. The Morgan fingerprint density at radius 2 is 1.85 bits per heavy atom. The van der Waals surface area contributed by atoms with Gasteiger partial charge in [-0.05, 0) is 60.9 Å². The van der Waals surface area contributed by atoms with Gasteiger partial charge in [0, 0.05) is 19.0 Å². The van der Waals surface area contributed by atoms with E-state index in [1.54, 1.807) is 7.11 Å². The maximum absolute atomic E-state index is 6.13. The number of hydrogen-bond acceptors (Lipinski definition) is 6. The van der Waals surface area contributed by atoms with E-state index in [0.29, 0.717) is 17.1 Å². The molecule has 166 valence electrons. The van der Waals surface area contributed by atoms with Crippen molar-refractivity contribution >= 4 is 34.3 Å². The fraction of sp³-hybridized carbons (Fsp3) is 0.185. The number of methoxy groups -OCH3 is 1. The standard InChI is InChI=1S/C27H26N4O2/c1-19(29-30(2)23-10-5-4-6-11-23)25-17-22-15-20(16-26(32-3)27(22)33-25)18-28-31-14-13-21-9-7-8-12-24(21)31/h4-12,15-18H,13-14H2,1-3H3/b28-18+,29-19+. The molecule has 0 bridgehead atoms. The van der Waals surface area contributed by atoms with Crippen LogP contribution in [0, 0.1) is 0 Å². The summed E-state index contributed by atoms with van der Waals surface area (Å²) in [4.78, 5) is 0. The molecular formula is C27H26N4O2. The summed E-state index contributed by atoms with van der Waals surface area (Å²) in [6, 6.07) is 24.4. The van der Waals surface area contributed by atoms with E-state index in [-0.39, 0.29) is 0 Å². The SMILES string of the molecule is COc1cc(/C=N/N2CCc3ccccc32)cc2cc(/C(C)=N/N(C)c3ccccc3)oc12. The molecule has 0 fully saturated rings. The third-order valence-corrected chi connectivity index (χ3v) is 5.82. The van der Waals surface area contributed by atoms with Crippen molar-refractivity contribution in [3.63, 3.8) is 0 Å². The average Bonchev–Trinajstić information content (AvgIpc) is 3.47. The zero-order valence-electron chi connectivity index (χ0n) is 19.0. The van der Waals surface area contributed by atoms with E-state index in [1.807, 2.05) is 78.7 Å². The van der Waals surface area contributed by atoms with Crippen LogP contribution in [0.25, 0.3) is 11.0 Å². The second kappa shape index (κ2) is 8.82. The van der Waals surface area contributed by atoms with E-state index >= 15 is 0 Å². The van der Waals surface area contributed by atoms with Gasteiger partial charge in [0.2, 0.25) is 0 Å². The molecule has 0 amide bonds. The summed E-state index contributed by atoms with van der Waals surface area (Å²) in [6.07, 6.45) is 2.89. The van der Waals surface area contributed by atoms with Crippen molar-refractivity contribution in [1.29, 1.82) is 0 Å². The molecule has 0 aliphatic carbocycles. The predicted octanol–water partition coefficient (Wildman–Crippen LogP) is 5.70. The van der Waals surface area contributed by atoms with E-state index in [2.05, 4.69) is 29.4 Å². The Morgan fingerprint density at radius 1 is 1.06 bits per heavy atom. The molecule has 1 aliphatic heterocycles. The van der Waals surface area contributed by atoms with Crippen molar-refractivity contribution in [3.8, 4) is 5.75 Å². The highest BCUT2D eigenvalue weighted by Gasteiger charge is 2.17. The number of anilines is 2. The molecule has 4 aromatic rings. The lowest BCUT2D eigenvalue weighted by Crippen LogP contribution is -2.12. The van der Waals surface area contributed by atoms with Crippen molar-refractivity contribution in [2.75, 3.05) is 30.7 Å². The lowest BCUT2D eigenvalue weighted by molar-refractivity contribution is 0.410. The van der Waals surface area contributed by atoms with E-state index in [4.69, 9.17) is 14.3 Å². The monoisotopic (exact) mass is 438 g/mol. The van der Waals surface area contributed by atoms with Crippen LogP contribution in [-0.4, -0.2) is 32.6 Å². The van der Waals surface area contributed by atoms with Gasteiger partial charge in [-0.25, -0.2) is 0 Å². The van der Waals surface area contributed by atoms with Crippen molar-refractivity contribution in [1.82, 2.24) is 0 Å². The first kappa shape index (κ1) is 20.8. The molecule has 2 heterocycles. The molecule has 33 heavy (non-hydrogen) atoms. The van der Waals surface area contributed by atoms with Crippen LogP contribution in [0.15, 0.2) is 87.4 Å². The van der Waals surface area contributed by atoms with Crippen molar-refractivity contribution < 1.29 is 9.15 Å². The quantitative estimate of drug-likeness (QED) is 0.286. The Balaban J connectivity index is 1.43. The Labute approximate surface area is 193 Å². The normalized spacial score (nSPS) is 13.7. The first-order chi connectivity index (χ1) is 16.1. The number of ether oxygens (including phenoxy) is 1. The van der Waals surface area contributed by atoms with Crippen LogP contribution < -0.4 is 14.8 Å². The minimum atomic E-state index is 0.672. The molecule has 5 rings (SSSR count). The molecule has 0 saturated heterocycles. The highest BCUT2D eigenvalue weighted by molar-refractivity contribution is 6.02. The molecule has 1 aromatic heterocycles. The molecule has 6 heteroatoms. The number of fused-ring (bicyclic) bond motifs is 2. The topological polar surface area (TPSA) is 53.6 Å². The highest BCUT2D eigenvalue weighted by Crippen LogP contribution is 2.31. The van der Waals surface area contributed by atoms with E-state index in [1.165, 1.54) is 11.3 Å². The van der Waals surface area contributed by atoms with Gasteiger partial charge in [0.1, 0.15) is 5.71 Å². The van der Waals surface area contributed by atoms with Gasteiger partial charge in [0.25, 0.3) is 0 Å². The highest BCUT2D eigenvalue weighted by atomic mass is 16.5. The lowest BCUT2D eigenvalue weighted by atomic mass is 10.1. The number of hydrogen-bond donors (Lipinski definition) is 0. The van der Waals surface area contributed by atoms with Gasteiger partial charge in [-0.3, -0.25) is 10.0 Å². The van der Waals surface area contributed by atoms with Gasteiger partial charge in [-0.2, -0.15) is 10.2 Å². The zero-order valence-corrected chi connectivity index (χ0v) is 19.0. The number of hydrazone groups is 2. The number of rotatable bonds is 6. The van der Waals surface area contributed by atoms with Gasteiger partial charge in [-0.15, -0.1) is 0 Å². The Morgan fingerprint density at radius 3 is 2.67 bits per heavy atom. The molecular weight excluding hydrogens is 412 g/mol. The molecule has 0 unspecified atom stereocenters. The third kappa shape index (κ3) is 4.20. The predicted molar refractivity (Wildman–Crippen MR) is 135 cm³/mol. The maximum atomic E-state index is 6.13. The van der Waals surface area contributed by atoms with Crippen molar-refractivity contribution in [2.45, 2.75) is 13.3 Å². The summed E-state index contributed by atoms with van der Waals surface area (Å²) in [5, 5.41) is 14.2. The smallest absolute Gasteiger partial charge is 0.176 e. The van der Waals surface area contributed by atoms with Crippen LogP contribution in [0.5, 0.6) is 5.75 Å². The van der Waals surface area contributed by atoms with Crippen LogP contribution in [0.2, 0.25) is 0 Å². The lowest BCUT2D eigenvalue weighted by Gasteiger charge is -2.13. The molecule has 1 aliphatic rings. The minimum Gasteiger partial charge on any atom is -0.493 e. The summed E-state index contributed by atoms with van der Waals surface area (Å²) in [6.45, 7) is 2.83. The van der Waals surface area contributed by atoms with Gasteiger partial charge >= 0.3 is 0 Å². The second-order valence-corrected chi connectivity index (χ2v) is 8.04. The summed E-state index contributed by atoms with van der Waals surface area (Å²) in [7, 11) is 3.58. The van der Waals surface area contributed by atoms with Crippen LogP contribution in [0.1, 0.15) is 23.8 Å². The van der Waals surface area contributed by atoms with Crippen molar-refractivity contribution in [3.05, 3.63) is 89.7 Å². The number of furan rings is 1. The minimum absolute atomic E-state index is 0.672. The van der Waals surface area contributed by atoms with Crippen molar-refractivity contribution in [2.24, 2.45) is 10.2 Å². The first-order valence-electron chi connectivity index (χ1n) is 11.0. The number of para-hydroxylation sites is 2. The molecule has 0 atom stereocenters. The van der Waals surface area contributed by atoms with E-state index in [0.717, 1.165) is 35.3 Å². The maximum Gasteiger partial charge on any atom is 0.176 e. The van der Waals surface area contributed by atoms with Gasteiger partial charge < -0.3 is 9.15 Å².